The van der Waals surface area contributed by atoms with Gasteiger partial charge in [0.05, 0.1) is 11.7 Å². The Morgan fingerprint density at radius 3 is 2.69 bits per heavy atom. The van der Waals surface area contributed by atoms with Gasteiger partial charge in [-0.2, -0.15) is 12.7 Å². The molecule has 0 bridgehead atoms. The summed E-state index contributed by atoms with van der Waals surface area (Å²) in [7, 11) is -0.502. The van der Waals surface area contributed by atoms with Gasteiger partial charge in [-0.25, -0.2) is 3.97 Å². The van der Waals surface area contributed by atoms with E-state index >= 15 is 0 Å². The predicted molar refractivity (Wildman–Crippen MR) is 65.4 cm³/mol. The van der Waals surface area contributed by atoms with E-state index in [0.717, 1.165) is 14.2 Å². The lowest BCUT2D eigenvalue weighted by molar-refractivity contribution is 0.512. The first-order valence-corrected chi connectivity index (χ1v) is 6.67. The van der Waals surface area contributed by atoms with E-state index in [0.29, 0.717) is 5.52 Å². The molecule has 0 aromatic carbocycles. The minimum absolute atomic E-state index is 0.558. The zero-order valence-electron chi connectivity index (χ0n) is 8.75. The average Bonchev–Trinajstić information content (AvgIpc) is 2.63. The second-order valence-corrected chi connectivity index (χ2v) is 6.33. The first-order valence-electron chi connectivity index (χ1n) is 4.48. The van der Waals surface area contributed by atoms with Crippen molar-refractivity contribution in [1.29, 1.82) is 0 Å². The fourth-order valence-corrected chi connectivity index (χ4v) is 2.79. The molecule has 0 aliphatic rings. The van der Waals surface area contributed by atoms with Crippen LogP contribution in [-0.2, 0) is 10.2 Å². The Bertz CT molecular complexity index is 633. The molecule has 0 spiro atoms. The second-order valence-electron chi connectivity index (χ2n) is 3.46. The van der Waals surface area contributed by atoms with E-state index < -0.39 is 10.2 Å². The molecule has 2 aromatic heterocycles. The normalized spacial score (nSPS) is 12.5. The molecule has 0 atom stereocenters. The smallest absolute Gasteiger partial charge is 0.261 e. The van der Waals surface area contributed by atoms with E-state index in [1.807, 2.05) is 0 Å². The van der Waals surface area contributed by atoms with Crippen molar-refractivity contribution in [2.24, 2.45) is 0 Å². The summed E-state index contributed by atoms with van der Waals surface area (Å²) in [6.07, 6.45) is 4.68. The zero-order valence-corrected chi connectivity index (χ0v) is 11.2. The van der Waals surface area contributed by atoms with Crippen molar-refractivity contribution < 1.29 is 8.42 Å². The molecule has 0 saturated heterocycles. The number of halogens is 1. The number of fused-ring (bicyclic) bond motifs is 1. The fraction of sp³-hybridized carbons (Fsp3) is 0.222. The number of rotatable bonds is 2. The Morgan fingerprint density at radius 1 is 1.38 bits per heavy atom. The average molecular weight is 304 g/mol. The summed E-state index contributed by atoms with van der Waals surface area (Å²) < 4.78 is 27.1. The number of pyridine rings is 1. The minimum Gasteiger partial charge on any atom is -0.261 e. The molecule has 0 unspecified atom stereocenters. The van der Waals surface area contributed by atoms with Gasteiger partial charge in [-0.3, -0.25) is 4.98 Å². The van der Waals surface area contributed by atoms with Crippen LogP contribution >= 0.6 is 15.9 Å². The highest BCUT2D eigenvalue weighted by Gasteiger charge is 2.18. The Labute approximate surface area is 102 Å². The van der Waals surface area contributed by atoms with E-state index in [2.05, 4.69) is 20.9 Å². The molecule has 2 rings (SSSR count). The van der Waals surface area contributed by atoms with E-state index in [4.69, 9.17) is 0 Å². The third kappa shape index (κ3) is 1.64. The summed E-state index contributed by atoms with van der Waals surface area (Å²) in [6, 6.07) is 1.74. The molecule has 86 valence electrons. The first-order chi connectivity index (χ1) is 7.44. The van der Waals surface area contributed by atoms with Crippen LogP contribution in [0.15, 0.2) is 29.1 Å². The van der Waals surface area contributed by atoms with Gasteiger partial charge in [-0.15, -0.1) is 0 Å². The summed E-state index contributed by atoms with van der Waals surface area (Å²) in [5, 5.41) is 0.820. The number of nitrogens with zero attached hydrogens (tertiary/aromatic N) is 3. The van der Waals surface area contributed by atoms with Crippen molar-refractivity contribution in [3.63, 3.8) is 0 Å². The SMILES string of the molecule is CN(C)S(=O)(=O)n1ccc2c(Br)cncc21. The lowest BCUT2D eigenvalue weighted by Crippen LogP contribution is -2.28. The maximum Gasteiger partial charge on any atom is 0.307 e. The highest BCUT2D eigenvalue weighted by atomic mass is 79.9. The van der Waals surface area contributed by atoms with Crippen LogP contribution in [0.25, 0.3) is 10.9 Å². The van der Waals surface area contributed by atoms with Gasteiger partial charge in [0.15, 0.2) is 0 Å². The minimum atomic E-state index is -3.49. The number of hydrogen-bond acceptors (Lipinski definition) is 3. The van der Waals surface area contributed by atoms with E-state index in [-0.39, 0.29) is 0 Å². The van der Waals surface area contributed by atoms with Crippen LogP contribution in [0.1, 0.15) is 0 Å². The molecule has 0 radical (unpaired) electrons. The van der Waals surface area contributed by atoms with Crippen LogP contribution < -0.4 is 0 Å². The molecule has 0 fully saturated rings. The van der Waals surface area contributed by atoms with Gasteiger partial charge in [0.25, 0.3) is 0 Å². The molecule has 0 amide bonds. The van der Waals surface area contributed by atoms with Gasteiger partial charge in [-0.05, 0) is 22.0 Å². The lowest BCUT2D eigenvalue weighted by Gasteiger charge is -2.12. The maximum absolute atomic E-state index is 12.0. The van der Waals surface area contributed by atoms with Gasteiger partial charge in [0, 0.05) is 36.3 Å². The quantitative estimate of drug-likeness (QED) is 0.844. The molecule has 0 aliphatic carbocycles. The molecule has 2 heterocycles. The van der Waals surface area contributed by atoms with Crippen molar-refractivity contribution in [2.75, 3.05) is 14.1 Å². The Balaban J connectivity index is 2.78. The summed E-state index contributed by atoms with van der Waals surface area (Å²) in [5.41, 5.74) is 0.558. The molecule has 0 N–H and O–H groups in total. The van der Waals surface area contributed by atoms with Gasteiger partial charge in [0.2, 0.25) is 0 Å². The zero-order chi connectivity index (χ0) is 11.9. The number of aromatic nitrogens is 2. The van der Waals surface area contributed by atoms with Crippen molar-refractivity contribution in [1.82, 2.24) is 13.3 Å². The summed E-state index contributed by atoms with van der Waals surface area (Å²) in [4.78, 5) is 3.97. The van der Waals surface area contributed by atoms with Gasteiger partial charge < -0.3 is 0 Å². The Hall–Kier alpha value is -0.920. The Morgan fingerprint density at radius 2 is 2.06 bits per heavy atom. The van der Waals surface area contributed by atoms with Crippen LogP contribution in [-0.4, -0.2) is 35.8 Å². The highest BCUT2D eigenvalue weighted by molar-refractivity contribution is 9.10. The van der Waals surface area contributed by atoms with Gasteiger partial charge in [0.1, 0.15) is 0 Å². The van der Waals surface area contributed by atoms with E-state index in [1.54, 1.807) is 12.3 Å². The van der Waals surface area contributed by atoms with Gasteiger partial charge >= 0.3 is 10.2 Å². The number of hydrogen-bond donors (Lipinski definition) is 0. The molecular formula is C9H10BrN3O2S. The Kier molecular flexibility index (Phi) is 2.77. The van der Waals surface area contributed by atoms with E-state index in [9.17, 15) is 8.42 Å². The standard InChI is InChI=1S/C9H10BrN3O2S/c1-12(2)16(14,15)13-4-3-7-8(10)5-11-6-9(7)13/h3-6H,1-2H3. The van der Waals surface area contributed by atoms with Crippen molar-refractivity contribution in [3.8, 4) is 0 Å². The van der Waals surface area contributed by atoms with Crippen molar-refractivity contribution in [2.45, 2.75) is 0 Å². The third-order valence-electron chi connectivity index (χ3n) is 2.24. The molecule has 0 aliphatic heterocycles. The van der Waals surface area contributed by atoms with Gasteiger partial charge in [-0.1, -0.05) is 0 Å². The summed E-state index contributed by atoms with van der Waals surface area (Å²) in [5.74, 6) is 0. The molecule has 0 saturated carbocycles. The largest absolute Gasteiger partial charge is 0.307 e. The third-order valence-corrected chi connectivity index (χ3v) is 4.61. The highest BCUT2D eigenvalue weighted by Crippen LogP contribution is 2.24. The maximum atomic E-state index is 12.0. The van der Waals surface area contributed by atoms with Crippen LogP contribution in [0.2, 0.25) is 0 Å². The van der Waals surface area contributed by atoms with Crippen LogP contribution in [0, 0.1) is 0 Å². The predicted octanol–water partition coefficient (Wildman–Crippen LogP) is 1.45. The topological polar surface area (TPSA) is 55.2 Å². The molecule has 16 heavy (non-hydrogen) atoms. The molecule has 2 aromatic rings. The van der Waals surface area contributed by atoms with Crippen LogP contribution in [0.3, 0.4) is 0 Å². The van der Waals surface area contributed by atoms with Crippen LogP contribution in [0.5, 0.6) is 0 Å². The van der Waals surface area contributed by atoms with E-state index in [1.165, 1.54) is 30.5 Å². The molecule has 7 heteroatoms. The molecular weight excluding hydrogens is 294 g/mol. The van der Waals surface area contributed by atoms with Crippen molar-refractivity contribution in [3.05, 3.63) is 29.1 Å². The van der Waals surface area contributed by atoms with Crippen molar-refractivity contribution >= 4 is 37.0 Å². The lowest BCUT2D eigenvalue weighted by atomic mass is 10.3. The molecule has 5 nitrogen and oxygen atoms in total. The fourth-order valence-electron chi connectivity index (χ4n) is 1.38. The summed E-state index contributed by atoms with van der Waals surface area (Å²) >= 11 is 3.33. The first kappa shape index (κ1) is 11.6. The van der Waals surface area contributed by atoms with Crippen LogP contribution in [0.4, 0.5) is 0 Å². The second kappa shape index (κ2) is 3.83. The monoisotopic (exact) mass is 303 g/mol. The summed E-state index contributed by atoms with van der Waals surface area (Å²) in [6.45, 7) is 0.